The van der Waals surface area contributed by atoms with Gasteiger partial charge in [0, 0.05) is 18.8 Å². The number of hydrogen-bond donors (Lipinski definition) is 3. The molecule has 1 amide bonds. The fourth-order valence-electron chi connectivity index (χ4n) is 5.28. The molecule has 0 unspecified atom stereocenters. The highest BCUT2D eigenvalue weighted by atomic mass is 32.2. The lowest BCUT2D eigenvalue weighted by molar-refractivity contribution is 0.0400. The molecule has 0 aliphatic heterocycles. The zero-order valence-corrected chi connectivity index (χ0v) is 33.2. The third kappa shape index (κ3) is 13.9. The Morgan fingerprint density at radius 1 is 0.815 bits per heavy atom. The maximum absolute atomic E-state index is 13.9. The highest BCUT2D eigenvalue weighted by Gasteiger charge is 2.32. The van der Waals surface area contributed by atoms with Crippen molar-refractivity contribution in [2.75, 3.05) is 25.2 Å². The van der Waals surface area contributed by atoms with Crippen LogP contribution in [0.25, 0.3) is 0 Å². The summed E-state index contributed by atoms with van der Waals surface area (Å²) in [7, 11) is -7.76. The van der Waals surface area contributed by atoms with Gasteiger partial charge in [0.15, 0.2) is 6.35 Å². The van der Waals surface area contributed by atoms with Crippen LogP contribution in [0, 0.1) is 5.92 Å². The topological polar surface area (TPSA) is 167 Å². The van der Waals surface area contributed by atoms with Crippen LogP contribution in [0.5, 0.6) is 5.75 Å². The first-order valence-corrected chi connectivity index (χ1v) is 20.9. The van der Waals surface area contributed by atoms with E-state index in [2.05, 4.69) is 5.32 Å². The number of nitrogen functional groups attached to an aromatic ring is 1. The minimum absolute atomic E-state index is 0.0391. The number of ether oxygens (including phenoxy) is 2. The van der Waals surface area contributed by atoms with Gasteiger partial charge in [0.05, 0.1) is 30.3 Å². The minimum atomic E-state index is -4.02. The molecule has 0 heterocycles. The Kier molecular flexibility index (Phi) is 15.3. The van der Waals surface area contributed by atoms with Crippen molar-refractivity contribution in [3.63, 3.8) is 0 Å². The van der Waals surface area contributed by atoms with E-state index < -0.39 is 41.5 Å². The van der Waals surface area contributed by atoms with Crippen molar-refractivity contribution in [1.29, 1.82) is 0 Å². The van der Waals surface area contributed by atoms with Gasteiger partial charge in [-0.1, -0.05) is 86.6 Å². The first kappa shape index (κ1) is 42.5. The second kappa shape index (κ2) is 19.4. The maximum Gasteiger partial charge on any atom is 0.407 e. The van der Waals surface area contributed by atoms with Crippen molar-refractivity contribution in [1.82, 2.24) is 9.62 Å². The molecule has 0 spiro atoms. The summed E-state index contributed by atoms with van der Waals surface area (Å²) in [4.78, 5) is 13.0. The van der Waals surface area contributed by atoms with Crippen molar-refractivity contribution in [3.05, 3.63) is 126 Å². The van der Waals surface area contributed by atoms with Crippen molar-refractivity contribution in [3.8, 4) is 5.75 Å². The molecular formula is C40H52N3O9PS. The van der Waals surface area contributed by atoms with Crippen LogP contribution in [0.3, 0.4) is 0 Å². The lowest BCUT2D eigenvalue weighted by Crippen LogP contribution is -2.51. The molecule has 0 bridgehead atoms. The SMILES string of the molecule is CC(C)CN(C[C@@H](O)[C@H](Cc1ccc(OCP(=O)(OCc2ccccc2)OCc2ccccc2)cc1)NC(=O)OC(C)(C)C)S(=O)(=O)c1ccc(N)cc1. The molecule has 0 aliphatic carbocycles. The van der Waals surface area contributed by atoms with Gasteiger partial charge in [-0.05, 0) is 86.2 Å². The van der Waals surface area contributed by atoms with Gasteiger partial charge in [0.1, 0.15) is 11.4 Å². The highest BCUT2D eigenvalue weighted by molar-refractivity contribution is 7.89. The number of hydrogen-bond acceptors (Lipinski definition) is 10. The number of nitrogens with two attached hydrogens (primary N) is 1. The van der Waals surface area contributed by atoms with E-state index in [0.717, 1.165) is 11.1 Å². The van der Waals surface area contributed by atoms with Crippen molar-refractivity contribution < 1.29 is 41.4 Å². The third-order valence-electron chi connectivity index (χ3n) is 7.95. The Morgan fingerprint density at radius 3 is 1.85 bits per heavy atom. The van der Waals surface area contributed by atoms with E-state index in [1.165, 1.54) is 28.6 Å². The Hall–Kier alpha value is -4.23. The molecule has 2 atom stereocenters. The predicted molar refractivity (Wildman–Crippen MR) is 209 cm³/mol. The molecule has 0 aliphatic rings. The number of anilines is 1. The van der Waals surface area contributed by atoms with Gasteiger partial charge in [0.2, 0.25) is 10.0 Å². The van der Waals surface area contributed by atoms with Crippen LogP contribution in [0.1, 0.15) is 51.3 Å². The van der Waals surface area contributed by atoms with Gasteiger partial charge in [-0.25, -0.2) is 13.2 Å². The molecule has 4 rings (SSSR count). The van der Waals surface area contributed by atoms with Gasteiger partial charge in [-0.15, -0.1) is 0 Å². The van der Waals surface area contributed by atoms with Crippen LogP contribution < -0.4 is 15.8 Å². The summed E-state index contributed by atoms with van der Waals surface area (Å²) < 4.78 is 65.5. The Bertz CT molecular complexity index is 1860. The molecule has 292 valence electrons. The summed E-state index contributed by atoms with van der Waals surface area (Å²) in [5.74, 6) is 0.328. The molecule has 12 nitrogen and oxygen atoms in total. The average molecular weight is 782 g/mol. The van der Waals surface area contributed by atoms with E-state index >= 15 is 0 Å². The first-order chi connectivity index (χ1) is 25.5. The number of alkyl carbamates (subject to hydrolysis) is 1. The molecule has 0 saturated carbocycles. The molecule has 0 radical (unpaired) electrons. The van der Waals surface area contributed by atoms with E-state index in [0.29, 0.717) is 17.0 Å². The summed E-state index contributed by atoms with van der Waals surface area (Å²) in [6.45, 7) is 8.88. The molecule has 4 N–H and O–H groups in total. The number of carbonyl (C=O) groups excluding carboxylic acids is 1. The zero-order chi connectivity index (χ0) is 39.4. The second-order valence-corrected chi connectivity index (χ2v) is 18.3. The fraction of sp³-hybridized carbons (Fsp3) is 0.375. The molecular weight excluding hydrogens is 729 g/mol. The Labute approximate surface area is 319 Å². The van der Waals surface area contributed by atoms with E-state index in [4.69, 9.17) is 24.3 Å². The van der Waals surface area contributed by atoms with Crippen molar-refractivity contribution in [2.24, 2.45) is 5.92 Å². The predicted octanol–water partition coefficient (Wildman–Crippen LogP) is 7.38. The van der Waals surface area contributed by atoms with E-state index in [1.807, 2.05) is 74.5 Å². The van der Waals surface area contributed by atoms with Gasteiger partial charge in [-0.3, -0.25) is 4.57 Å². The smallest absolute Gasteiger partial charge is 0.407 e. The molecule has 0 saturated heterocycles. The minimum Gasteiger partial charge on any atom is -0.481 e. The van der Waals surface area contributed by atoms with Crippen molar-refractivity contribution in [2.45, 2.75) is 76.9 Å². The van der Waals surface area contributed by atoms with E-state index in [1.54, 1.807) is 45.0 Å². The van der Waals surface area contributed by atoms with Crippen LogP contribution in [0.4, 0.5) is 10.5 Å². The summed E-state index contributed by atoms with van der Waals surface area (Å²) in [5, 5.41) is 14.3. The Morgan fingerprint density at radius 2 is 1.35 bits per heavy atom. The van der Waals surface area contributed by atoms with Crippen LogP contribution >= 0.6 is 7.60 Å². The lowest BCUT2D eigenvalue weighted by Gasteiger charge is -2.31. The number of amides is 1. The van der Waals surface area contributed by atoms with Gasteiger partial charge in [0.25, 0.3) is 0 Å². The molecule has 14 heteroatoms. The number of sulfonamides is 1. The number of aliphatic hydroxyl groups excluding tert-OH is 1. The Balaban J connectivity index is 1.49. The molecule has 4 aromatic carbocycles. The van der Waals surface area contributed by atoms with Crippen LogP contribution in [-0.4, -0.2) is 61.1 Å². The lowest BCUT2D eigenvalue weighted by atomic mass is 10.0. The molecule has 0 aromatic heterocycles. The van der Waals surface area contributed by atoms with Crippen molar-refractivity contribution >= 4 is 29.4 Å². The summed E-state index contributed by atoms with van der Waals surface area (Å²) in [6, 6.07) is 30.4. The number of nitrogens with one attached hydrogen (secondary N) is 1. The van der Waals surface area contributed by atoms with Gasteiger partial charge in [-0.2, -0.15) is 4.31 Å². The molecule has 4 aromatic rings. The monoisotopic (exact) mass is 781 g/mol. The standard InChI is InChI=1S/C40H52N3O9PS/c1-30(2)25-43(54(47,48)36-22-18-34(41)19-23-36)26-38(44)37(42-39(45)52-40(3,4)5)24-31-16-20-35(21-17-31)49-29-53(46,50-27-32-12-8-6-9-13-32)51-28-33-14-10-7-11-15-33/h6-23,30,37-38,44H,24-29,41H2,1-5H3,(H,42,45)/t37-,38+/m0/s1. The summed E-state index contributed by atoms with van der Waals surface area (Å²) in [5.41, 5.74) is 7.76. The number of benzene rings is 4. The number of aliphatic hydroxyl groups is 1. The number of nitrogens with zero attached hydrogens (tertiary/aromatic N) is 1. The highest BCUT2D eigenvalue weighted by Crippen LogP contribution is 2.49. The normalized spacial score (nSPS) is 13.4. The fourth-order valence-corrected chi connectivity index (χ4v) is 8.12. The van der Waals surface area contributed by atoms with Crippen LogP contribution in [0.15, 0.2) is 114 Å². The largest absolute Gasteiger partial charge is 0.481 e. The van der Waals surface area contributed by atoms with Gasteiger partial charge < -0.3 is 34.7 Å². The maximum atomic E-state index is 13.9. The molecule has 54 heavy (non-hydrogen) atoms. The third-order valence-corrected chi connectivity index (χ3v) is 11.3. The van der Waals surface area contributed by atoms with E-state index in [-0.39, 0.29) is 49.9 Å². The second-order valence-electron chi connectivity index (χ2n) is 14.4. The summed E-state index contributed by atoms with van der Waals surface area (Å²) in [6.07, 6.45) is -2.31. The van der Waals surface area contributed by atoms with E-state index in [9.17, 15) is 22.9 Å². The zero-order valence-electron chi connectivity index (χ0n) is 31.5. The van der Waals surface area contributed by atoms with Crippen LogP contribution in [0.2, 0.25) is 0 Å². The molecule has 0 fully saturated rings. The van der Waals surface area contributed by atoms with Gasteiger partial charge >= 0.3 is 13.7 Å². The quantitative estimate of drug-likeness (QED) is 0.0646. The number of carbonyl (C=O) groups is 1. The average Bonchev–Trinajstić information content (AvgIpc) is 3.12. The van der Waals surface area contributed by atoms with Crippen LogP contribution in [-0.2, 0) is 48.0 Å². The summed E-state index contributed by atoms with van der Waals surface area (Å²) >= 11 is 0. The first-order valence-electron chi connectivity index (χ1n) is 17.7. The number of rotatable bonds is 19.